The van der Waals surface area contributed by atoms with Gasteiger partial charge in [0, 0.05) is 16.6 Å². The number of rotatable bonds is 1. The van der Waals surface area contributed by atoms with Crippen molar-refractivity contribution in [3.8, 4) is 0 Å². The van der Waals surface area contributed by atoms with Crippen LogP contribution < -0.4 is 0 Å². The zero-order valence-electron chi connectivity index (χ0n) is 9.52. The quantitative estimate of drug-likeness (QED) is 0.747. The molecule has 0 fully saturated rings. The Morgan fingerprint density at radius 2 is 2.31 bits per heavy atom. The molecule has 1 aromatic carbocycles. The maximum atomic E-state index is 13.2. The molecule has 2 heteroatoms. The molecule has 1 nitrogen and oxygen atoms in total. The van der Waals surface area contributed by atoms with Crippen LogP contribution in [-0.4, -0.2) is 4.98 Å². The molecule has 3 rings (SSSR count). The number of hydrogen-bond acceptors (Lipinski definition) is 0. The summed E-state index contributed by atoms with van der Waals surface area (Å²) in [4.78, 5) is 3.42. The van der Waals surface area contributed by atoms with Crippen molar-refractivity contribution in [2.24, 2.45) is 5.92 Å². The van der Waals surface area contributed by atoms with Crippen molar-refractivity contribution < 1.29 is 4.39 Å². The van der Waals surface area contributed by atoms with Gasteiger partial charge in [-0.3, -0.25) is 0 Å². The summed E-state index contributed by atoms with van der Waals surface area (Å²) < 4.78 is 13.2. The van der Waals surface area contributed by atoms with Gasteiger partial charge in [0.05, 0.1) is 0 Å². The first-order valence-electron chi connectivity index (χ1n) is 6.07. The smallest absolute Gasteiger partial charge is 0.123 e. The molecule has 0 bridgehead atoms. The van der Waals surface area contributed by atoms with Gasteiger partial charge in [-0.1, -0.05) is 13.3 Å². The molecule has 0 spiro atoms. The topological polar surface area (TPSA) is 15.8 Å². The third kappa shape index (κ3) is 1.44. The lowest BCUT2D eigenvalue weighted by Gasteiger charge is -2.20. The second kappa shape index (κ2) is 3.62. The van der Waals surface area contributed by atoms with E-state index in [-0.39, 0.29) is 5.82 Å². The number of H-pyrrole nitrogens is 1. The molecule has 0 saturated carbocycles. The number of halogens is 1. The monoisotopic (exact) mass is 217 g/mol. The molecule has 1 aromatic heterocycles. The summed E-state index contributed by atoms with van der Waals surface area (Å²) >= 11 is 0. The van der Waals surface area contributed by atoms with E-state index < -0.39 is 0 Å². The molecule has 1 atom stereocenters. The maximum absolute atomic E-state index is 13.2. The molecular weight excluding hydrogens is 201 g/mol. The highest BCUT2D eigenvalue weighted by Gasteiger charge is 2.21. The van der Waals surface area contributed by atoms with E-state index in [1.54, 1.807) is 6.07 Å². The first-order chi connectivity index (χ1) is 7.78. The Balaban J connectivity index is 2.15. The van der Waals surface area contributed by atoms with Gasteiger partial charge in [0.2, 0.25) is 0 Å². The van der Waals surface area contributed by atoms with Gasteiger partial charge < -0.3 is 4.98 Å². The van der Waals surface area contributed by atoms with E-state index in [9.17, 15) is 4.39 Å². The summed E-state index contributed by atoms with van der Waals surface area (Å²) in [5.74, 6) is 0.641. The van der Waals surface area contributed by atoms with Crippen molar-refractivity contribution in [2.75, 3.05) is 0 Å². The lowest BCUT2D eigenvalue weighted by Crippen LogP contribution is -2.12. The minimum Gasteiger partial charge on any atom is -0.358 e. The van der Waals surface area contributed by atoms with Crippen molar-refractivity contribution >= 4 is 10.9 Å². The Morgan fingerprint density at radius 1 is 1.44 bits per heavy atom. The molecular formula is C14H16FN. The summed E-state index contributed by atoms with van der Waals surface area (Å²) in [5, 5.41) is 1.09. The molecule has 0 amide bonds. The Hall–Kier alpha value is -1.31. The molecule has 1 N–H and O–H groups in total. The van der Waals surface area contributed by atoms with Crippen molar-refractivity contribution in [3.63, 3.8) is 0 Å². The SMILES string of the molecule is CC[C@H]1CCc2[nH]c3ccc(F)cc3c2C1. The van der Waals surface area contributed by atoms with Crippen LogP contribution in [0.3, 0.4) is 0 Å². The fourth-order valence-corrected chi connectivity index (χ4v) is 2.81. The molecule has 16 heavy (non-hydrogen) atoms. The van der Waals surface area contributed by atoms with Crippen LogP contribution in [0.1, 0.15) is 31.0 Å². The summed E-state index contributed by atoms with van der Waals surface area (Å²) in [7, 11) is 0. The van der Waals surface area contributed by atoms with Crippen molar-refractivity contribution in [1.29, 1.82) is 0 Å². The fraction of sp³-hybridized carbons (Fsp3) is 0.429. The number of aromatic nitrogens is 1. The summed E-state index contributed by atoms with van der Waals surface area (Å²) in [6, 6.07) is 5.05. The van der Waals surface area contributed by atoms with Gasteiger partial charge in [-0.25, -0.2) is 4.39 Å². The molecule has 2 aromatic rings. The molecule has 0 unspecified atom stereocenters. The van der Waals surface area contributed by atoms with E-state index in [1.807, 2.05) is 6.07 Å². The van der Waals surface area contributed by atoms with Crippen molar-refractivity contribution in [3.05, 3.63) is 35.3 Å². The maximum Gasteiger partial charge on any atom is 0.123 e. The predicted molar refractivity (Wildman–Crippen MR) is 64.1 cm³/mol. The van der Waals surface area contributed by atoms with Crippen LogP contribution in [0.25, 0.3) is 10.9 Å². The highest BCUT2D eigenvalue weighted by Crippen LogP contribution is 2.33. The van der Waals surface area contributed by atoms with Crippen LogP contribution in [-0.2, 0) is 12.8 Å². The van der Waals surface area contributed by atoms with Gasteiger partial charge in [0.1, 0.15) is 5.82 Å². The van der Waals surface area contributed by atoms with Gasteiger partial charge in [-0.05, 0) is 48.9 Å². The Morgan fingerprint density at radius 3 is 3.12 bits per heavy atom. The fourth-order valence-electron chi connectivity index (χ4n) is 2.81. The predicted octanol–water partition coefficient (Wildman–Crippen LogP) is 3.82. The molecule has 1 heterocycles. The standard InChI is InChI=1S/C14H16FN/c1-2-9-3-5-13-11(7-9)12-8-10(15)4-6-14(12)16-13/h4,6,8-9,16H,2-3,5,7H2,1H3/t9-/m0/s1. The second-order valence-electron chi connectivity index (χ2n) is 4.79. The van der Waals surface area contributed by atoms with Crippen LogP contribution >= 0.6 is 0 Å². The van der Waals surface area contributed by atoms with Gasteiger partial charge in [-0.15, -0.1) is 0 Å². The number of benzene rings is 1. The molecule has 0 saturated heterocycles. The Kier molecular flexibility index (Phi) is 2.23. The van der Waals surface area contributed by atoms with Crippen LogP contribution in [0.2, 0.25) is 0 Å². The first-order valence-corrected chi connectivity index (χ1v) is 6.07. The lowest BCUT2D eigenvalue weighted by atomic mass is 9.85. The summed E-state index contributed by atoms with van der Waals surface area (Å²) in [5.41, 5.74) is 3.76. The van der Waals surface area contributed by atoms with Crippen LogP contribution in [0, 0.1) is 11.7 Å². The van der Waals surface area contributed by atoms with Gasteiger partial charge in [-0.2, -0.15) is 0 Å². The van der Waals surface area contributed by atoms with E-state index in [2.05, 4.69) is 11.9 Å². The molecule has 0 radical (unpaired) electrons. The van der Waals surface area contributed by atoms with Gasteiger partial charge >= 0.3 is 0 Å². The number of hydrogen-bond donors (Lipinski definition) is 1. The third-order valence-corrected chi connectivity index (χ3v) is 3.83. The van der Waals surface area contributed by atoms with Crippen LogP contribution in [0.4, 0.5) is 4.39 Å². The number of aryl methyl sites for hydroxylation is 1. The third-order valence-electron chi connectivity index (χ3n) is 3.83. The molecule has 0 aliphatic heterocycles. The van der Waals surface area contributed by atoms with Crippen LogP contribution in [0.5, 0.6) is 0 Å². The average molecular weight is 217 g/mol. The summed E-state index contributed by atoms with van der Waals surface area (Å²) in [6.07, 6.45) is 4.71. The van der Waals surface area contributed by atoms with Crippen molar-refractivity contribution in [2.45, 2.75) is 32.6 Å². The van der Waals surface area contributed by atoms with Crippen LogP contribution in [0.15, 0.2) is 18.2 Å². The van der Waals surface area contributed by atoms with E-state index in [1.165, 1.54) is 30.2 Å². The van der Waals surface area contributed by atoms with E-state index >= 15 is 0 Å². The summed E-state index contributed by atoms with van der Waals surface area (Å²) in [6.45, 7) is 2.24. The first kappa shape index (κ1) is 9.88. The highest BCUT2D eigenvalue weighted by atomic mass is 19.1. The zero-order chi connectivity index (χ0) is 11.1. The van der Waals surface area contributed by atoms with E-state index in [0.717, 1.165) is 29.7 Å². The minimum atomic E-state index is -0.132. The van der Waals surface area contributed by atoms with Crippen molar-refractivity contribution in [1.82, 2.24) is 4.98 Å². The van der Waals surface area contributed by atoms with E-state index in [4.69, 9.17) is 0 Å². The highest BCUT2D eigenvalue weighted by molar-refractivity contribution is 5.85. The molecule has 1 aliphatic carbocycles. The van der Waals surface area contributed by atoms with Gasteiger partial charge in [0.25, 0.3) is 0 Å². The number of fused-ring (bicyclic) bond motifs is 3. The van der Waals surface area contributed by atoms with E-state index in [0.29, 0.717) is 0 Å². The Labute approximate surface area is 94.7 Å². The molecule has 1 aliphatic rings. The Bertz CT molecular complexity index is 527. The second-order valence-corrected chi connectivity index (χ2v) is 4.79. The lowest BCUT2D eigenvalue weighted by molar-refractivity contribution is 0.444. The molecule has 84 valence electrons. The zero-order valence-corrected chi connectivity index (χ0v) is 9.52. The van der Waals surface area contributed by atoms with Gasteiger partial charge in [0.15, 0.2) is 0 Å². The minimum absolute atomic E-state index is 0.132. The normalized spacial score (nSPS) is 20.0. The average Bonchev–Trinajstić information content (AvgIpc) is 2.66. The number of aromatic amines is 1. The largest absolute Gasteiger partial charge is 0.358 e. The number of nitrogens with one attached hydrogen (secondary N) is 1.